The SMILES string of the molecule is CC(C)O[B-](OC(C)C)(OC(C)C)c1ccnc(Cl)n1. The highest BCUT2D eigenvalue weighted by Crippen LogP contribution is 2.17. The average Bonchev–Trinajstić information content (AvgIpc) is 2.25. The summed E-state index contributed by atoms with van der Waals surface area (Å²) in [7, 11) is 0. The third-order valence-corrected chi connectivity index (χ3v) is 2.55. The summed E-state index contributed by atoms with van der Waals surface area (Å²) in [6, 6.07) is 1.71. The first-order valence-corrected chi connectivity index (χ1v) is 7.28. The third-order valence-electron chi connectivity index (χ3n) is 2.36. The summed E-state index contributed by atoms with van der Waals surface area (Å²) >= 11 is 5.88. The lowest BCUT2D eigenvalue weighted by molar-refractivity contribution is 0.0146. The van der Waals surface area contributed by atoms with Crippen LogP contribution in [0.4, 0.5) is 0 Å². The molecule has 1 rings (SSSR count). The molecule has 0 spiro atoms. The van der Waals surface area contributed by atoms with Gasteiger partial charge >= 0.3 is 6.75 Å². The molecule has 5 nitrogen and oxygen atoms in total. The Morgan fingerprint density at radius 2 is 1.40 bits per heavy atom. The maximum Gasteiger partial charge on any atom is 0.428 e. The highest BCUT2D eigenvalue weighted by molar-refractivity contribution is 6.74. The standard InChI is InChI=1S/C13H23BClN2O3/c1-9(2)18-14(19-10(3)4,20-11(5)6)12-7-8-16-13(15)17-12/h7-11H,1-6H3/q-1. The van der Waals surface area contributed by atoms with Crippen molar-refractivity contribution in [1.29, 1.82) is 0 Å². The van der Waals surface area contributed by atoms with Gasteiger partial charge in [-0.2, -0.15) is 0 Å². The molecule has 7 heteroatoms. The smallest absolute Gasteiger partial charge is 0.428 e. The van der Waals surface area contributed by atoms with Crippen molar-refractivity contribution in [2.24, 2.45) is 0 Å². The molecule has 20 heavy (non-hydrogen) atoms. The van der Waals surface area contributed by atoms with Gasteiger partial charge in [0, 0.05) is 24.5 Å². The van der Waals surface area contributed by atoms with Crippen LogP contribution < -0.4 is 5.59 Å². The van der Waals surface area contributed by atoms with Crippen LogP contribution in [0, 0.1) is 0 Å². The summed E-state index contributed by atoms with van der Waals surface area (Å²) < 4.78 is 17.9. The van der Waals surface area contributed by atoms with Crippen molar-refractivity contribution in [2.45, 2.75) is 59.9 Å². The fourth-order valence-corrected chi connectivity index (χ4v) is 2.08. The van der Waals surface area contributed by atoms with E-state index in [4.69, 9.17) is 25.6 Å². The maximum atomic E-state index is 5.97. The highest BCUT2D eigenvalue weighted by Gasteiger charge is 2.36. The molecule has 0 saturated heterocycles. The first kappa shape index (κ1) is 17.4. The van der Waals surface area contributed by atoms with Crippen LogP contribution in [0.5, 0.6) is 0 Å². The molecule has 114 valence electrons. The van der Waals surface area contributed by atoms with Crippen molar-refractivity contribution in [1.82, 2.24) is 9.97 Å². The van der Waals surface area contributed by atoms with Gasteiger partial charge in [0.15, 0.2) is 0 Å². The molecule has 0 fully saturated rings. The van der Waals surface area contributed by atoms with Crippen LogP contribution in [-0.4, -0.2) is 35.0 Å². The second kappa shape index (κ2) is 7.36. The molecule has 0 atom stereocenters. The summed E-state index contributed by atoms with van der Waals surface area (Å²) in [6.07, 6.45) is 1.32. The van der Waals surface area contributed by atoms with Crippen LogP contribution in [0.1, 0.15) is 41.5 Å². The number of halogens is 1. The molecular weight excluding hydrogens is 278 g/mol. The molecule has 0 unspecified atom stereocenters. The Balaban J connectivity index is 3.26. The predicted molar refractivity (Wildman–Crippen MR) is 81.1 cm³/mol. The molecule has 1 aromatic rings. The van der Waals surface area contributed by atoms with Gasteiger partial charge in [0.05, 0.1) is 0 Å². The first-order valence-electron chi connectivity index (χ1n) is 6.91. The number of hydrogen-bond acceptors (Lipinski definition) is 5. The van der Waals surface area contributed by atoms with Gasteiger partial charge in [-0.05, 0) is 58.7 Å². The van der Waals surface area contributed by atoms with E-state index < -0.39 is 6.75 Å². The van der Waals surface area contributed by atoms with Crippen LogP contribution in [0.25, 0.3) is 0 Å². The Kier molecular flexibility index (Phi) is 6.39. The molecule has 0 saturated carbocycles. The molecular formula is C13H23BClN2O3-. The van der Waals surface area contributed by atoms with E-state index in [0.29, 0.717) is 5.59 Å². The van der Waals surface area contributed by atoms with E-state index in [1.54, 1.807) is 12.3 Å². The lowest BCUT2D eigenvalue weighted by Crippen LogP contribution is -2.61. The quantitative estimate of drug-likeness (QED) is 0.572. The third kappa shape index (κ3) is 5.02. The van der Waals surface area contributed by atoms with Crippen molar-refractivity contribution < 1.29 is 14.0 Å². The van der Waals surface area contributed by atoms with Gasteiger partial charge in [-0.1, -0.05) is 6.07 Å². The zero-order valence-electron chi connectivity index (χ0n) is 13.0. The monoisotopic (exact) mass is 301 g/mol. The number of aromatic nitrogens is 2. The Bertz CT molecular complexity index is 403. The Hall–Kier alpha value is -0.685. The fourth-order valence-electron chi connectivity index (χ4n) is 1.92. The summed E-state index contributed by atoms with van der Waals surface area (Å²) in [5.74, 6) is 0. The molecule has 1 aromatic heterocycles. The zero-order valence-corrected chi connectivity index (χ0v) is 13.7. The van der Waals surface area contributed by atoms with Gasteiger partial charge in [0.2, 0.25) is 5.28 Å². The van der Waals surface area contributed by atoms with Gasteiger partial charge in [0.25, 0.3) is 0 Å². The topological polar surface area (TPSA) is 53.5 Å². The van der Waals surface area contributed by atoms with E-state index >= 15 is 0 Å². The van der Waals surface area contributed by atoms with Crippen LogP contribution in [-0.2, 0) is 14.0 Å². The number of rotatable bonds is 7. The lowest BCUT2D eigenvalue weighted by Gasteiger charge is -2.45. The summed E-state index contributed by atoms with van der Waals surface area (Å²) in [6.45, 7) is 9.37. The van der Waals surface area contributed by atoms with Gasteiger partial charge in [-0.25, -0.2) is 4.98 Å². The van der Waals surface area contributed by atoms with E-state index in [9.17, 15) is 0 Å². The lowest BCUT2D eigenvalue weighted by atomic mass is 9.72. The second-order valence-electron chi connectivity index (χ2n) is 5.45. The largest absolute Gasteiger partial charge is 0.538 e. The normalized spacial score (nSPS) is 12.7. The number of nitrogens with zero attached hydrogens (tertiary/aromatic N) is 2. The van der Waals surface area contributed by atoms with Gasteiger partial charge < -0.3 is 14.0 Å². The predicted octanol–water partition coefficient (Wildman–Crippen LogP) is 2.55. The average molecular weight is 302 g/mol. The van der Waals surface area contributed by atoms with Crippen LogP contribution >= 0.6 is 11.6 Å². The van der Waals surface area contributed by atoms with Gasteiger partial charge in [-0.15, -0.1) is 0 Å². The van der Waals surface area contributed by atoms with Crippen molar-refractivity contribution in [3.63, 3.8) is 0 Å². The molecule has 0 aromatic carbocycles. The summed E-state index contributed by atoms with van der Waals surface area (Å²) in [5.41, 5.74) is 0.515. The van der Waals surface area contributed by atoms with E-state index in [2.05, 4.69) is 9.97 Å². The van der Waals surface area contributed by atoms with Gasteiger partial charge in [0.1, 0.15) is 0 Å². The van der Waals surface area contributed by atoms with E-state index in [1.807, 2.05) is 41.5 Å². The zero-order chi connectivity index (χ0) is 15.3. The number of hydrogen-bond donors (Lipinski definition) is 0. The molecule has 1 heterocycles. The highest BCUT2D eigenvalue weighted by atomic mass is 35.5. The van der Waals surface area contributed by atoms with Crippen molar-refractivity contribution >= 4 is 23.9 Å². The minimum Gasteiger partial charge on any atom is -0.538 e. The van der Waals surface area contributed by atoms with Crippen LogP contribution in [0.3, 0.4) is 0 Å². The van der Waals surface area contributed by atoms with Crippen LogP contribution in [0.2, 0.25) is 5.28 Å². The van der Waals surface area contributed by atoms with E-state index in [0.717, 1.165) is 0 Å². The second-order valence-corrected chi connectivity index (χ2v) is 5.79. The molecule has 0 amide bonds. The maximum absolute atomic E-state index is 5.97. The molecule has 0 radical (unpaired) electrons. The molecule has 0 bridgehead atoms. The Morgan fingerprint density at radius 3 is 1.75 bits per heavy atom. The molecule has 0 aliphatic rings. The minimum absolute atomic E-state index is 0.0822. The Labute approximate surface area is 126 Å². The van der Waals surface area contributed by atoms with Crippen molar-refractivity contribution in [3.05, 3.63) is 17.5 Å². The molecule has 0 N–H and O–H groups in total. The van der Waals surface area contributed by atoms with Crippen molar-refractivity contribution in [3.8, 4) is 0 Å². The van der Waals surface area contributed by atoms with Crippen LogP contribution in [0.15, 0.2) is 12.3 Å². The fraction of sp³-hybridized carbons (Fsp3) is 0.692. The van der Waals surface area contributed by atoms with E-state index in [-0.39, 0.29) is 23.6 Å². The summed E-state index contributed by atoms with van der Waals surface area (Å²) in [5, 5.41) is 0.140. The van der Waals surface area contributed by atoms with Gasteiger partial charge in [-0.3, -0.25) is 4.98 Å². The molecule has 0 aliphatic heterocycles. The minimum atomic E-state index is -2.17. The molecule has 0 aliphatic carbocycles. The van der Waals surface area contributed by atoms with Crippen molar-refractivity contribution in [2.75, 3.05) is 0 Å². The Morgan fingerprint density at radius 1 is 0.950 bits per heavy atom. The first-order chi connectivity index (χ1) is 9.25. The van der Waals surface area contributed by atoms with E-state index in [1.165, 1.54) is 0 Å². The summed E-state index contributed by atoms with van der Waals surface area (Å²) in [4.78, 5) is 8.10.